The van der Waals surface area contributed by atoms with Crippen molar-refractivity contribution in [1.82, 2.24) is 35.7 Å². The number of nitrogens with zero attached hydrogens (tertiary/aromatic N) is 4. The summed E-state index contributed by atoms with van der Waals surface area (Å²) in [4.78, 5) is 61.4. The molecule has 30 heavy (non-hydrogen) atoms. The summed E-state index contributed by atoms with van der Waals surface area (Å²) in [6, 6.07) is -1.96. The van der Waals surface area contributed by atoms with Crippen LogP contribution in [-0.2, 0) is 9.59 Å². The lowest BCUT2D eigenvalue weighted by Gasteiger charge is -2.41. The van der Waals surface area contributed by atoms with Gasteiger partial charge in [-0.2, -0.15) is 0 Å². The highest BCUT2D eigenvalue weighted by Crippen LogP contribution is 2.15. The number of nitrogens with one attached hydrogen (secondary N) is 3. The van der Waals surface area contributed by atoms with E-state index in [9.17, 15) is 19.2 Å². The maximum atomic E-state index is 13.1. The van der Waals surface area contributed by atoms with Crippen LogP contribution < -0.4 is 16.0 Å². The Morgan fingerprint density at radius 1 is 1.23 bits per heavy atom. The first kappa shape index (κ1) is 21.5. The Kier molecular flexibility index (Phi) is 6.80. The minimum atomic E-state index is -0.944. The number of aromatic nitrogens is 2. The molecule has 1 aromatic rings. The van der Waals surface area contributed by atoms with Gasteiger partial charge in [-0.1, -0.05) is 0 Å². The largest absolute Gasteiger partial charge is 0.354 e. The van der Waals surface area contributed by atoms with Crippen LogP contribution >= 0.6 is 0 Å². The van der Waals surface area contributed by atoms with Gasteiger partial charge in [0.2, 0.25) is 11.8 Å². The predicted molar refractivity (Wildman–Crippen MR) is 106 cm³/mol. The second-order valence-electron chi connectivity index (χ2n) is 7.65. The molecule has 11 heteroatoms. The minimum Gasteiger partial charge on any atom is -0.354 e. The van der Waals surface area contributed by atoms with Crippen molar-refractivity contribution < 1.29 is 19.2 Å². The molecule has 5 amide bonds. The first-order valence-corrected chi connectivity index (χ1v) is 10.1. The van der Waals surface area contributed by atoms with Crippen LogP contribution in [0.1, 0.15) is 37.2 Å². The average molecular weight is 417 g/mol. The fraction of sp³-hybridized carbons (Fsp3) is 0.579. The fourth-order valence-electron chi connectivity index (χ4n) is 3.51. The molecule has 3 N–H and O–H groups in total. The number of amides is 5. The second-order valence-corrected chi connectivity index (χ2v) is 7.65. The zero-order chi connectivity index (χ0) is 21.7. The molecule has 3 rings (SSSR count). The molecule has 2 aliphatic rings. The van der Waals surface area contributed by atoms with Crippen LogP contribution in [0.5, 0.6) is 0 Å². The molecule has 2 atom stereocenters. The smallest absolute Gasteiger partial charge is 0.317 e. The molecule has 0 spiro atoms. The summed E-state index contributed by atoms with van der Waals surface area (Å²) < 4.78 is 0. The van der Waals surface area contributed by atoms with E-state index in [0.29, 0.717) is 13.0 Å². The zero-order valence-corrected chi connectivity index (χ0v) is 17.1. The third-order valence-corrected chi connectivity index (χ3v) is 5.03. The number of hydrogen-bond acceptors (Lipinski definition) is 6. The SMILES string of the molecule is CC(C)NC(=O)N1CCN(C(=O)c2cnccn2)C(C(=O)NC2CCCNC2=O)C1. The van der Waals surface area contributed by atoms with Gasteiger partial charge in [-0.25, -0.2) is 9.78 Å². The highest BCUT2D eigenvalue weighted by Gasteiger charge is 2.39. The summed E-state index contributed by atoms with van der Waals surface area (Å²) >= 11 is 0. The average Bonchev–Trinajstić information content (AvgIpc) is 2.74. The van der Waals surface area contributed by atoms with Gasteiger partial charge in [-0.15, -0.1) is 0 Å². The van der Waals surface area contributed by atoms with E-state index in [1.807, 2.05) is 13.8 Å². The molecule has 162 valence electrons. The summed E-state index contributed by atoms with van der Waals surface area (Å²) in [5.41, 5.74) is 0.116. The van der Waals surface area contributed by atoms with E-state index in [1.54, 1.807) is 0 Å². The number of piperidine rings is 1. The van der Waals surface area contributed by atoms with Gasteiger partial charge in [-0.05, 0) is 26.7 Å². The van der Waals surface area contributed by atoms with Gasteiger partial charge in [0, 0.05) is 38.1 Å². The number of piperazine rings is 1. The van der Waals surface area contributed by atoms with Crippen molar-refractivity contribution in [2.24, 2.45) is 0 Å². The number of hydrogen-bond donors (Lipinski definition) is 3. The highest BCUT2D eigenvalue weighted by atomic mass is 16.2. The van der Waals surface area contributed by atoms with Crippen LogP contribution in [0.2, 0.25) is 0 Å². The summed E-state index contributed by atoms with van der Waals surface area (Å²) in [5.74, 6) is -1.16. The lowest BCUT2D eigenvalue weighted by molar-refractivity contribution is -0.133. The van der Waals surface area contributed by atoms with Gasteiger partial charge in [-0.3, -0.25) is 19.4 Å². The number of carbonyl (C=O) groups is 4. The number of carbonyl (C=O) groups excluding carboxylic acids is 4. The van der Waals surface area contributed by atoms with Crippen molar-refractivity contribution in [1.29, 1.82) is 0 Å². The van der Waals surface area contributed by atoms with Gasteiger partial charge >= 0.3 is 6.03 Å². The molecule has 0 radical (unpaired) electrons. The number of urea groups is 1. The predicted octanol–water partition coefficient (Wildman–Crippen LogP) is -0.884. The summed E-state index contributed by atoms with van der Waals surface area (Å²) in [6.07, 6.45) is 5.48. The quantitative estimate of drug-likeness (QED) is 0.582. The van der Waals surface area contributed by atoms with Gasteiger partial charge in [0.05, 0.1) is 12.7 Å². The minimum absolute atomic E-state index is 0.0186. The molecule has 2 saturated heterocycles. The molecule has 2 unspecified atom stereocenters. The maximum Gasteiger partial charge on any atom is 0.317 e. The Hall–Kier alpha value is -3.24. The standard InChI is InChI=1S/C19H27N7O4/c1-12(2)23-19(30)25-8-9-26(18(29)14-10-20-6-7-21-14)15(11-25)17(28)24-13-4-3-5-22-16(13)27/h6-7,10,12-13,15H,3-5,8-9,11H2,1-2H3,(H,22,27)(H,23,30)(H,24,28). The molecule has 11 nitrogen and oxygen atoms in total. The molecule has 2 aliphatic heterocycles. The van der Waals surface area contributed by atoms with Gasteiger partial charge in [0.25, 0.3) is 5.91 Å². The summed E-state index contributed by atoms with van der Waals surface area (Å²) in [6.45, 7) is 4.73. The third-order valence-electron chi connectivity index (χ3n) is 5.03. The van der Waals surface area contributed by atoms with Crippen molar-refractivity contribution in [3.63, 3.8) is 0 Å². The zero-order valence-electron chi connectivity index (χ0n) is 17.1. The van der Waals surface area contributed by atoms with Gasteiger partial charge in [0.1, 0.15) is 17.8 Å². The Morgan fingerprint density at radius 3 is 2.70 bits per heavy atom. The molecule has 0 saturated carbocycles. The van der Waals surface area contributed by atoms with Crippen LogP contribution in [0.25, 0.3) is 0 Å². The van der Waals surface area contributed by atoms with E-state index in [0.717, 1.165) is 6.42 Å². The van der Waals surface area contributed by atoms with Crippen molar-refractivity contribution in [3.8, 4) is 0 Å². The van der Waals surface area contributed by atoms with Crippen LogP contribution in [0.4, 0.5) is 4.79 Å². The van der Waals surface area contributed by atoms with Crippen LogP contribution in [-0.4, -0.2) is 87.8 Å². The van der Waals surface area contributed by atoms with E-state index < -0.39 is 23.9 Å². The van der Waals surface area contributed by atoms with E-state index in [2.05, 4.69) is 25.9 Å². The Balaban J connectivity index is 1.78. The molecule has 2 fully saturated rings. The van der Waals surface area contributed by atoms with Crippen molar-refractivity contribution in [2.45, 2.75) is 44.8 Å². The second kappa shape index (κ2) is 9.51. The van der Waals surface area contributed by atoms with E-state index >= 15 is 0 Å². The van der Waals surface area contributed by atoms with E-state index in [1.165, 1.54) is 28.4 Å². The highest BCUT2D eigenvalue weighted by molar-refractivity contribution is 5.97. The normalized spacial score (nSPS) is 21.8. The van der Waals surface area contributed by atoms with Crippen molar-refractivity contribution in [3.05, 3.63) is 24.3 Å². The lowest BCUT2D eigenvalue weighted by Crippen LogP contribution is -2.64. The fourth-order valence-corrected chi connectivity index (χ4v) is 3.51. The van der Waals surface area contributed by atoms with Gasteiger partial charge in [0.15, 0.2) is 0 Å². The first-order valence-electron chi connectivity index (χ1n) is 10.1. The summed E-state index contributed by atoms with van der Waals surface area (Å²) in [5, 5.41) is 8.26. The Bertz CT molecular complexity index is 801. The Morgan fingerprint density at radius 2 is 2.03 bits per heavy atom. The molecule has 0 bridgehead atoms. The summed E-state index contributed by atoms with van der Waals surface area (Å²) in [7, 11) is 0. The van der Waals surface area contributed by atoms with Gasteiger partial charge < -0.3 is 25.8 Å². The van der Waals surface area contributed by atoms with Crippen molar-refractivity contribution in [2.75, 3.05) is 26.2 Å². The maximum absolute atomic E-state index is 13.1. The van der Waals surface area contributed by atoms with Crippen molar-refractivity contribution >= 4 is 23.8 Å². The molecule has 0 aromatic carbocycles. The van der Waals surface area contributed by atoms with Crippen LogP contribution in [0, 0.1) is 0 Å². The van der Waals surface area contributed by atoms with Crippen LogP contribution in [0.3, 0.4) is 0 Å². The molecule has 1 aromatic heterocycles. The molecular formula is C19H27N7O4. The van der Waals surface area contributed by atoms with E-state index in [-0.39, 0.29) is 43.3 Å². The molecular weight excluding hydrogens is 390 g/mol. The first-order chi connectivity index (χ1) is 14.4. The molecule has 3 heterocycles. The molecule has 0 aliphatic carbocycles. The monoisotopic (exact) mass is 417 g/mol. The van der Waals surface area contributed by atoms with E-state index in [4.69, 9.17) is 0 Å². The topological polar surface area (TPSA) is 137 Å². The lowest BCUT2D eigenvalue weighted by atomic mass is 10.0. The Labute approximate surface area is 174 Å². The number of rotatable bonds is 4. The van der Waals surface area contributed by atoms with Crippen LogP contribution in [0.15, 0.2) is 18.6 Å². The third kappa shape index (κ3) is 5.02.